The normalized spacial score (nSPS) is 10.8. The predicted octanol–water partition coefficient (Wildman–Crippen LogP) is 5.43. The fourth-order valence-electron chi connectivity index (χ4n) is 3.28. The minimum atomic E-state index is -0.308. The number of para-hydroxylation sites is 1. The lowest BCUT2D eigenvalue weighted by molar-refractivity contribution is 0.0920. The molecule has 156 valence electrons. The Kier molecular flexibility index (Phi) is 5.85. The quantitative estimate of drug-likeness (QED) is 0.377. The Hall–Kier alpha value is -3.86. The van der Waals surface area contributed by atoms with Crippen LogP contribution in [-0.4, -0.2) is 19.0 Å². The molecule has 5 heteroatoms. The summed E-state index contributed by atoms with van der Waals surface area (Å²) in [6.45, 7) is 4.15. The summed E-state index contributed by atoms with van der Waals surface area (Å²) in [5, 5.41) is 0.405. The number of carbonyl (C=O) groups is 1. The molecule has 0 aliphatic heterocycles. The Bertz CT molecular complexity index is 1270. The van der Waals surface area contributed by atoms with Crippen molar-refractivity contribution in [2.45, 2.75) is 13.8 Å². The van der Waals surface area contributed by atoms with Crippen molar-refractivity contribution in [1.82, 2.24) is 0 Å². The molecule has 0 amide bonds. The summed E-state index contributed by atoms with van der Waals surface area (Å²) in [5.41, 5.74) is 2.42. The van der Waals surface area contributed by atoms with Gasteiger partial charge in [0, 0.05) is 11.1 Å². The number of ether oxygens (including phenoxy) is 2. The van der Waals surface area contributed by atoms with Crippen LogP contribution < -0.4 is 14.9 Å². The summed E-state index contributed by atoms with van der Waals surface area (Å²) >= 11 is 0. The Morgan fingerprint density at radius 1 is 0.903 bits per heavy atom. The Labute approximate surface area is 179 Å². The van der Waals surface area contributed by atoms with E-state index in [1.54, 1.807) is 48.5 Å². The predicted molar refractivity (Wildman–Crippen MR) is 120 cm³/mol. The molecule has 0 N–H and O–H groups in total. The molecule has 0 saturated carbocycles. The first-order chi connectivity index (χ1) is 15.1. The molecule has 1 heterocycles. The number of Topliss-reactive ketones (excluding diaryl/α,β-unsaturated/α-hetero) is 1. The van der Waals surface area contributed by atoms with Gasteiger partial charge in [0.2, 0.25) is 11.2 Å². The Morgan fingerprint density at radius 3 is 2.32 bits per heavy atom. The minimum Gasteiger partial charge on any atom is -0.494 e. The van der Waals surface area contributed by atoms with Crippen LogP contribution in [0, 0.1) is 6.92 Å². The van der Waals surface area contributed by atoms with Gasteiger partial charge in [-0.05, 0) is 50.2 Å². The van der Waals surface area contributed by atoms with Crippen molar-refractivity contribution >= 4 is 16.8 Å². The van der Waals surface area contributed by atoms with Crippen LogP contribution in [0.1, 0.15) is 22.8 Å². The number of rotatable bonds is 7. The van der Waals surface area contributed by atoms with E-state index in [0.29, 0.717) is 40.2 Å². The van der Waals surface area contributed by atoms with Gasteiger partial charge in [-0.15, -0.1) is 0 Å². The van der Waals surface area contributed by atoms with Gasteiger partial charge in [0.1, 0.15) is 11.3 Å². The number of hydrogen-bond donors (Lipinski definition) is 0. The van der Waals surface area contributed by atoms with Crippen LogP contribution in [0.4, 0.5) is 0 Å². The maximum absolute atomic E-state index is 13.1. The first-order valence-electron chi connectivity index (χ1n) is 10.1. The third-order valence-electron chi connectivity index (χ3n) is 4.90. The zero-order valence-electron chi connectivity index (χ0n) is 17.4. The molecule has 0 radical (unpaired) electrons. The van der Waals surface area contributed by atoms with Crippen LogP contribution in [-0.2, 0) is 0 Å². The summed E-state index contributed by atoms with van der Waals surface area (Å²) in [6, 6.07) is 21.4. The van der Waals surface area contributed by atoms with Crippen molar-refractivity contribution < 1.29 is 18.7 Å². The van der Waals surface area contributed by atoms with Crippen LogP contribution in [0.15, 0.2) is 82.0 Å². The highest BCUT2D eigenvalue weighted by molar-refractivity contribution is 5.97. The molecule has 0 atom stereocenters. The number of benzene rings is 3. The maximum atomic E-state index is 13.1. The number of aryl methyl sites for hydroxylation is 1. The highest BCUT2D eigenvalue weighted by atomic mass is 16.5. The van der Waals surface area contributed by atoms with Crippen LogP contribution in [0.3, 0.4) is 0 Å². The van der Waals surface area contributed by atoms with E-state index in [-0.39, 0.29) is 23.6 Å². The van der Waals surface area contributed by atoms with Crippen molar-refractivity contribution in [3.05, 3.63) is 94.1 Å². The van der Waals surface area contributed by atoms with E-state index in [2.05, 4.69) is 0 Å². The Morgan fingerprint density at radius 2 is 1.61 bits per heavy atom. The fraction of sp³-hybridized carbons (Fsp3) is 0.154. The van der Waals surface area contributed by atoms with Crippen molar-refractivity contribution in [1.29, 1.82) is 0 Å². The lowest BCUT2D eigenvalue weighted by atomic mass is 10.1. The van der Waals surface area contributed by atoms with E-state index in [0.717, 1.165) is 5.56 Å². The maximum Gasteiger partial charge on any atom is 0.235 e. The van der Waals surface area contributed by atoms with E-state index in [1.165, 1.54) is 0 Å². The van der Waals surface area contributed by atoms with Gasteiger partial charge < -0.3 is 13.9 Å². The summed E-state index contributed by atoms with van der Waals surface area (Å²) in [5.74, 6) is 0.785. The molecule has 0 aliphatic carbocycles. The number of carbonyl (C=O) groups excluding carboxylic acids is 1. The standard InChI is InChI=1S/C26H22O5/c1-3-29-20-14-12-18(13-15-20)22(27)16-30-26-24(28)21-6-4-5-7-23(21)31-25(26)19-10-8-17(2)9-11-19/h4-15H,3,16H2,1-2H3. The molecule has 5 nitrogen and oxygen atoms in total. The van der Waals surface area contributed by atoms with Crippen LogP contribution in [0.25, 0.3) is 22.3 Å². The Balaban J connectivity index is 1.68. The van der Waals surface area contributed by atoms with Crippen molar-refractivity contribution in [3.8, 4) is 22.8 Å². The van der Waals surface area contributed by atoms with Crippen LogP contribution in [0.5, 0.6) is 11.5 Å². The number of fused-ring (bicyclic) bond motifs is 1. The van der Waals surface area contributed by atoms with Crippen LogP contribution in [0.2, 0.25) is 0 Å². The van der Waals surface area contributed by atoms with E-state index in [4.69, 9.17) is 13.9 Å². The molecular weight excluding hydrogens is 392 g/mol. The van der Waals surface area contributed by atoms with Gasteiger partial charge >= 0.3 is 0 Å². The molecule has 0 fully saturated rings. The second kappa shape index (κ2) is 8.88. The third-order valence-corrected chi connectivity index (χ3v) is 4.90. The summed E-state index contributed by atoms with van der Waals surface area (Å²) in [7, 11) is 0. The first-order valence-corrected chi connectivity index (χ1v) is 10.1. The monoisotopic (exact) mass is 414 g/mol. The summed E-state index contributed by atoms with van der Waals surface area (Å²) in [4.78, 5) is 25.8. The van der Waals surface area contributed by atoms with Crippen molar-refractivity contribution in [2.75, 3.05) is 13.2 Å². The fourth-order valence-corrected chi connectivity index (χ4v) is 3.28. The van der Waals surface area contributed by atoms with Gasteiger partial charge in [0.25, 0.3) is 0 Å². The lowest BCUT2D eigenvalue weighted by Gasteiger charge is -2.12. The van der Waals surface area contributed by atoms with E-state index in [9.17, 15) is 9.59 Å². The van der Waals surface area contributed by atoms with Gasteiger partial charge in [0.15, 0.2) is 18.2 Å². The highest BCUT2D eigenvalue weighted by Gasteiger charge is 2.19. The topological polar surface area (TPSA) is 65.7 Å². The van der Waals surface area contributed by atoms with E-state index >= 15 is 0 Å². The molecule has 3 aromatic carbocycles. The summed E-state index contributed by atoms with van der Waals surface area (Å²) in [6.07, 6.45) is 0. The van der Waals surface area contributed by atoms with Crippen LogP contribution >= 0.6 is 0 Å². The number of ketones is 1. The lowest BCUT2D eigenvalue weighted by Crippen LogP contribution is -2.17. The smallest absolute Gasteiger partial charge is 0.235 e. The second-order valence-corrected chi connectivity index (χ2v) is 7.12. The average Bonchev–Trinajstić information content (AvgIpc) is 2.79. The molecule has 0 unspecified atom stereocenters. The third kappa shape index (κ3) is 4.36. The molecule has 31 heavy (non-hydrogen) atoms. The molecule has 1 aromatic heterocycles. The second-order valence-electron chi connectivity index (χ2n) is 7.12. The number of hydrogen-bond acceptors (Lipinski definition) is 5. The van der Waals surface area contributed by atoms with E-state index in [1.807, 2.05) is 38.1 Å². The molecule has 0 spiro atoms. The van der Waals surface area contributed by atoms with Gasteiger partial charge in [-0.25, -0.2) is 0 Å². The SMILES string of the molecule is CCOc1ccc(C(=O)COc2c(-c3ccc(C)cc3)oc3ccccc3c2=O)cc1. The largest absolute Gasteiger partial charge is 0.494 e. The van der Waals surface area contributed by atoms with Gasteiger partial charge in [-0.2, -0.15) is 0 Å². The van der Waals surface area contributed by atoms with Gasteiger partial charge in [-0.3, -0.25) is 9.59 Å². The molecule has 0 aliphatic rings. The first kappa shape index (κ1) is 20.4. The zero-order chi connectivity index (χ0) is 21.8. The van der Waals surface area contributed by atoms with Gasteiger partial charge in [0.05, 0.1) is 12.0 Å². The zero-order valence-corrected chi connectivity index (χ0v) is 17.4. The molecule has 4 aromatic rings. The molecule has 0 bridgehead atoms. The summed E-state index contributed by atoms with van der Waals surface area (Å²) < 4.78 is 17.2. The molecule has 0 saturated heterocycles. The van der Waals surface area contributed by atoms with Crippen molar-refractivity contribution in [2.24, 2.45) is 0 Å². The molecular formula is C26H22O5. The average molecular weight is 414 g/mol. The van der Waals surface area contributed by atoms with E-state index < -0.39 is 0 Å². The minimum absolute atomic E-state index is 0.0295. The van der Waals surface area contributed by atoms with Gasteiger partial charge in [-0.1, -0.05) is 42.0 Å². The molecule has 4 rings (SSSR count). The van der Waals surface area contributed by atoms with Crippen molar-refractivity contribution in [3.63, 3.8) is 0 Å². The highest BCUT2D eigenvalue weighted by Crippen LogP contribution is 2.31.